The van der Waals surface area contributed by atoms with Crippen LogP contribution < -0.4 is 4.74 Å². The predicted octanol–water partition coefficient (Wildman–Crippen LogP) is 13.9. The number of unbranched alkanes of at least 4 members (excludes halogenated alkanes) is 1. The second kappa shape index (κ2) is 34.0. The van der Waals surface area contributed by atoms with Gasteiger partial charge in [0.05, 0.1) is 37.9 Å². The summed E-state index contributed by atoms with van der Waals surface area (Å²) in [6, 6.07) is 10.8. The number of hydrogen-bond acceptors (Lipinski definition) is 13. The maximum atomic E-state index is 15.0. The molecule has 11 atom stereocenters. The molecule has 1 aliphatic rings. The van der Waals surface area contributed by atoms with Crippen molar-refractivity contribution >= 4 is 32.2 Å². The van der Waals surface area contributed by atoms with Crippen LogP contribution in [0.4, 0.5) is 0 Å². The third-order valence-corrected chi connectivity index (χ3v) is 19.2. The van der Waals surface area contributed by atoms with Gasteiger partial charge in [-0.15, -0.1) is 13.2 Å². The van der Waals surface area contributed by atoms with Crippen LogP contribution in [0.5, 0.6) is 5.75 Å². The van der Waals surface area contributed by atoms with Crippen molar-refractivity contribution in [2.75, 3.05) is 7.11 Å². The van der Waals surface area contributed by atoms with E-state index in [0.29, 0.717) is 37.9 Å². The lowest BCUT2D eigenvalue weighted by atomic mass is 9.87. The third kappa shape index (κ3) is 24.9. The molecule has 422 valence electrons. The fraction of sp³-hybridized carbons (Fsp3) is 0.733. The molecule has 1 aromatic rings. The molecule has 1 heterocycles. The first kappa shape index (κ1) is 66.3. The lowest BCUT2D eigenvalue weighted by Gasteiger charge is -2.44. The van der Waals surface area contributed by atoms with Crippen LogP contribution in [0.3, 0.4) is 0 Å². The van der Waals surface area contributed by atoms with Crippen molar-refractivity contribution in [3.63, 3.8) is 0 Å². The van der Waals surface area contributed by atoms with Gasteiger partial charge in [-0.25, -0.2) is 0 Å². The molecule has 0 saturated carbocycles. The fourth-order valence-electron chi connectivity index (χ4n) is 10.3. The second-order valence-corrected chi connectivity index (χ2v) is 26.4. The number of hydrogen-bond donors (Lipinski definition) is 0. The molecular formula is C60H100O13Si. The van der Waals surface area contributed by atoms with Gasteiger partial charge < -0.3 is 42.3 Å². The van der Waals surface area contributed by atoms with Crippen molar-refractivity contribution in [1.82, 2.24) is 0 Å². The van der Waals surface area contributed by atoms with Gasteiger partial charge in [-0.05, 0) is 140 Å². The molecule has 0 amide bonds. The molecule has 0 N–H and O–H groups in total. The van der Waals surface area contributed by atoms with Gasteiger partial charge in [-0.2, -0.15) is 0 Å². The number of benzene rings is 1. The van der Waals surface area contributed by atoms with Crippen LogP contribution in [0.25, 0.3) is 0 Å². The van der Waals surface area contributed by atoms with E-state index in [9.17, 15) is 19.2 Å². The number of esters is 4. The summed E-state index contributed by atoms with van der Waals surface area (Å²) in [7, 11) is -0.287. The van der Waals surface area contributed by atoms with Crippen molar-refractivity contribution in [2.45, 2.75) is 260 Å². The fourth-order valence-corrected chi connectivity index (χ4v) is 13.2. The molecule has 0 radical (unpaired) electrons. The van der Waals surface area contributed by atoms with Gasteiger partial charge in [0.25, 0.3) is 0 Å². The van der Waals surface area contributed by atoms with E-state index in [0.717, 1.165) is 73.4 Å². The monoisotopic (exact) mass is 1060 g/mol. The maximum Gasteiger partial charge on any atom is 0.311 e. The molecule has 1 aromatic carbocycles. The molecule has 0 spiro atoms. The van der Waals surface area contributed by atoms with E-state index >= 15 is 0 Å². The summed E-state index contributed by atoms with van der Waals surface area (Å²) in [5.41, 5.74) is 2.93. The maximum absolute atomic E-state index is 15.0. The Kier molecular flexibility index (Phi) is 30.5. The van der Waals surface area contributed by atoms with Gasteiger partial charge in [0.2, 0.25) is 0 Å². The molecule has 0 bridgehead atoms. The van der Waals surface area contributed by atoms with E-state index in [4.69, 9.17) is 42.3 Å². The summed E-state index contributed by atoms with van der Waals surface area (Å²) in [4.78, 5) is 52.1. The summed E-state index contributed by atoms with van der Waals surface area (Å²) in [6.45, 7) is 35.0. The van der Waals surface area contributed by atoms with Crippen LogP contribution >= 0.6 is 0 Å². The number of carbonyl (C=O) groups excluding carboxylic acids is 4. The molecule has 1 aliphatic heterocycles. The van der Waals surface area contributed by atoms with E-state index in [-0.39, 0.29) is 49.6 Å². The Bertz CT molecular complexity index is 1870. The van der Waals surface area contributed by atoms with Crippen molar-refractivity contribution in [3.05, 3.63) is 66.3 Å². The molecule has 1 saturated heterocycles. The van der Waals surface area contributed by atoms with Crippen molar-refractivity contribution < 1.29 is 61.5 Å². The number of rotatable bonds is 37. The Hall–Kier alpha value is -3.82. The Morgan fingerprint density at radius 2 is 1.36 bits per heavy atom. The highest BCUT2D eigenvalue weighted by Gasteiger charge is 2.42. The van der Waals surface area contributed by atoms with Gasteiger partial charge in [0.15, 0.2) is 14.1 Å². The summed E-state index contributed by atoms with van der Waals surface area (Å²) in [6.07, 6.45) is 9.07. The Morgan fingerprint density at radius 1 is 0.784 bits per heavy atom. The lowest BCUT2D eigenvalue weighted by molar-refractivity contribution is -0.311. The molecule has 1 fully saturated rings. The van der Waals surface area contributed by atoms with Crippen LogP contribution in [0.15, 0.2) is 60.7 Å². The first-order chi connectivity index (χ1) is 34.9. The van der Waals surface area contributed by atoms with Crippen LogP contribution in [-0.2, 0) is 63.4 Å². The molecular weight excluding hydrogens is 957 g/mol. The summed E-state index contributed by atoms with van der Waals surface area (Å²) in [5.74, 6) is -3.16. The largest absolute Gasteiger partial charge is 0.497 e. The first-order valence-corrected chi connectivity index (χ1v) is 30.4. The molecule has 2 rings (SSSR count). The topological polar surface area (TPSA) is 151 Å². The molecule has 74 heavy (non-hydrogen) atoms. The van der Waals surface area contributed by atoms with E-state index in [1.165, 1.54) is 20.8 Å². The normalized spacial score (nSPS) is 19.6. The minimum atomic E-state index is -1.91. The van der Waals surface area contributed by atoms with Crippen molar-refractivity contribution in [3.8, 4) is 5.75 Å². The Labute approximate surface area is 448 Å². The number of allylic oxidation sites excluding steroid dienone is 2. The van der Waals surface area contributed by atoms with Gasteiger partial charge in [0.1, 0.15) is 30.2 Å². The minimum Gasteiger partial charge on any atom is -0.497 e. The average molecular weight is 1060 g/mol. The molecule has 13 nitrogen and oxygen atoms in total. The van der Waals surface area contributed by atoms with Gasteiger partial charge >= 0.3 is 23.9 Å². The van der Waals surface area contributed by atoms with Crippen LogP contribution in [0.2, 0.25) is 18.1 Å². The SMILES string of the molecule is C=CCCC[C@@H]1C[C@@H]([C@H](C)[C@@H](/C=C(\C)C[C@@H](CCC)O[Si](CC)(CC)CC)OC(=O)[C@@H](C)[C@@H](OCc2ccc(OC)cc2)[C@H](C)CC[C@@H](C[C@H](C[C@H](CCC(=C)C)OC(C)=O)OC(C)=O)OC(C)=O)OC(C)(C)O1. The van der Waals surface area contributed by atoms with E-state index in [1.807, 2.05) is 65.0 Å². The second-order valence-electron chi connectivity index (χ2n) is 21.6. The van der Waals surface area contributed by atoms with Crippen molar-refractivity contribution in [1.29, 1.82) is 0 Å². The summed E-state index contributed by atoms with van der Waals surface area (Å²) >= 11 is 0. The lowest BCUT2D eigenvalue weighted by Crippen LogP contribution is -2.49. The Balaban J connectivity index is 2.60. The Morgan fingerprint density at radius 3 is 1.89 bits per heavy atom. The van der Waals surface area contributed by atoms with E-state index in [2.05, 4.69) is 60.8 Å². The predicted molar refractivity (Wildman–Crippen MR) is 296 cm³/mol. The quantitative estimate of drug-likeness (QED) is 0.0205. The number of methoxy groups -OCH3 is 1. The standard InChI is InChI=1S/C60H100O13Si/c1-18-23-24-26-53-39-57(72-60(15,16)71-53)44(10)56(36-42(8)35-54(25-19-2)73-74(20-3,21-4)22-5)70-59(64)45(11)58(66-40-49-29-33-50(65-17)34-30-49)43(9)28-32-52(68-47(13)62)38-55(69-48(14)63)37-51(67-46(12)61)31-27-41(6)7/h18,29-30,33-34,36,43-45,51-58H,1,6,19-28,31-32,35,37-40H2,2-5,7-17H3/b42-36+/t43-,44-,45+,51+,52+,53-,54-,55+,56-,57+,58+/m1/s1. The minimum absolute atomic E-state index is 0.0300. The van der Waals surface area contributed by atoms with Crippen molar-refractivity contribution in [2.24, 2.45) is 17.8 Å². The van der Waals surface area contributed by atoms with E-state index < -0.39 is 74.4 Å². The zero-order valence-electron chi connectivity index (χ0n) is 48.6. The molecule has 14 heteroatoms. The highest BCUT2D eigenvalue weighted by Crippen LogP contribution is 2.36. The highest BCUT2D eigenvalue weighted by molar-refractivity contribution is 6.73. The summed E-state index contributed by atoms with van der Waals surface area (Å²) in [5, 5.41) is 0. The molecule has 0 aromatic heterocycles. The van der Waals surface area contributed by atoms with E-state index in [1.54, 1.807) is 7.11 Å². The first-order valence-electron chi connectivity index (χ1n) is 27.8. The van der Waals surface area contributed by atoms with Gasteiger partial charge in [-0.3, -0.25) is 19.2 Å². The number of carbonyl (C=O) groups is 4. The molecule has 0 aliphatic carbocycles. The highest BCUT2D eigenvalue weighted by atomic mass is 28.4. The van der Waals surface area contributed by atoms with Gasteiger partial charge in [0, 0.05) is 52.1 Å². The zero-order chi connectivity index (χ0) is 55.6. The summed E-state index contributed by atoms with van der Waals surface area (Å²) < 4.78 is 56.4. The third-order valence-electron chi connectivity index (χ3n) is 14.5. The van der Waals surface area contributed by atoms with Crippen LogP contribution in [-0.4, -0.2) is 93.9 Å². The number of ether oxygens (including phenoxy) is 8. The average Bonchev–Trinajstić information content (AvgIpc) is 3.32. The molecule has 0 unspecified atom stereocenters. The zero-order valence-corrected chi connectivity index (χ0v) is 49.6. The van der Waals surface area contributed by atoms with Gasteiger partial charge in [-0.1, -0.05) is 77.3 Å². The van der Waals surface area contributed by atoms with Crippen LogP contribution in [0, 0.1) is 17.8 Å². The van der Waals surface area contributed by atoms with Crippen LogP contribution in [0.1, 0.15) is 186 Å². The smallest absolute Gasteiger partial charge is 0.311 e.